The summed E-state index contributed by atoms with van der Waals surface area (Å²) in [5.41, 5.74) is -1.46. The number of halogens is 2. The molecule has 2 heterocycles. The third kappa shape index (κ3) is 7.13. The molecule has 2 unspecified atom stereocenters. The predicted octanol–water partition coefficient (Wildman–Crippen LogP) is 1.88. The van der Waals surface area contributed by atoms with Gasteiger partial charge in [0, 0.05) is 19.4 Å². The summed E-state index contributed by atoms with van der Waals surface area (Å²) in [6.45, 7) is 2.69. The van der Waals surface area contributed by atoms with Crippen molar-refractivity contribution in [2.75, 3.05) is 20.3 Å². The Morgan fingerprint density at radius 2 is 2.03 bits per heavy atom. The van der Waals surface area contributed by atoms with Crippen LogP contribution in [0, 0.1) is 0 Å². The lowest BCUT2D eigenvalue weighted by Crippen LogP contribution is -2.46. The van der Waals surface area contributed by atoms with E-state index in [4.69, 9.17) is 34.9 Å². The van der Waals surface area contributed by atoms with Gasteiger partial charge in [-0.15, -0.1) is 0 Å². The molecular weight excluding hydrogens is 613 g/mol. The van der Waals surface area contributed by atoms with Crippen molar-refractivity contribution in [1.29, 1.82) is 0 Å². The van der Waals surface area contributed by atoms with Crippen LogP contribution in [-0.4, -0.2) is 69.1 Å². The molecule has 2 aromatic rings. The van der Waals surface area contributed by atoms with Crippen LogP contribution in [0.5, 0.6) is 5.75 Å². The van der Waals surface area contributed by atoms with Crippen LogP contribution in [0.15, 0.2) is 52.2 Å². The zero-order valence-electron chi connectivity index (χ0n) is 20.6. The van der Waals surface area contributed by atoms with Crippen LogP contribution in [0.1, 0.15) is 20.1 Å². The Kier molecular flexibility index (Phi) is 10.3. The van der Waals surface area contributed by atoms with Gasteiger partial charge in [0.05, 0.1) is 19.3 Å². The zero-order valence-corrected chi connectivity index (χ0v) is 23.9. The van der Waals surface area contributed by atoms with E-state index in [1.54, 1.807) is 32.0 Å². The number of aromatic amines is 1. The molecule has 210 valence electrons. The van der Waals surface area contributed by atoms with Crippen LogP contribution in [0.4, 0.5) is 0 Å². The van der Waals surface area contributed by atoms with Crippen molar-refractivity contribution in [2.45, 2.75) is 48.2 Å². The lowest BCUT2D eigenvalue weighted by molar-refractivity contribution is -0.148. The number of aliphatic hydroxyl groups excluding tert-OH is 1. The number of para-hydroxylation sites is 1. The zero-order chi connectivity index (χ0) is 28.1. The lowest BCUT2D eigenvalue weighted by atomic mass is 10.2. The normalized spacial score (nSPS) is 26.3. The van der Waals surface area contributed by atoms with Gasteiger partial charge in [-0.3, -0.25) is 23.7 Å². The number of aliphatic hydroxyl groups is 1. The maximum atomic E-state index is 13.9. The molecule has 1 aromatic heterocycles. The average molecular weight is 641 g/mol. The molecule has 0 aliphatic carbocycles. The molecule has 0 saturated carbocycles. The number of H-pyrrole nitrogens is 1. The summed E-state index contributed by atoms with van der Waals surface area (Å²) < 4.78 is 40.5. The largest absolute Gasteiger partial charge is 0.465 e. The van der Waals surface area contributed by atoms with Crippen LogP contribution < -0.4 is 20.9 Å². The molecule has 0 amide bonds. The molecule has 3 N–H and O–H groups in total. The number of carbonyl (C=O) groups excluding carboxylic acids is 1. The van der Waals surface area contributed by atoms with Gasteiger partial charge < -0.3 is 23.8 Å². The van der Waals surface area contributed by atoms with Crippen LogP contribution in [-0.2, 0) is 28.1 Å². The van der Waals surface area contributed by atoms with Gasteiger partial charge in [0.25, 0.3) is 5.56 Å². The highest BCUT2D eigenvalue weighted by molar-refractivity contribution is 9.10. The summed E-state index contributed by atoms with van der Waals surface area (Å²) >= 11 is 9.64. The first-order chi connectivity index (χ1) is 17.9. The first kappa shape index (κ1) is 30.5. The number of aromatic nitrogens is 2. The highest BCUT2D eigenvalue weighted by Gasteiger charge is 2.56. The third-order valence-electron chi connectivity index (χ3n) is 5.54. The average Bonchev–Trinajstić information content (AvgIpc) is 3.10. The van der Waals surface area contributed by atoms with Crippen molar-refractivity contribution in [3.63, 3.8) is 0 Å². The molecule has 38 heavy (non-hydrogen) atoms. The number of methoxy groups -OCH3 is 1. The fraction of sp³-hybridized carbons (Fsp3) is 0.500. The number of rotatable bonds is 12. The fourth-order valence-corrected chi connectivity index (χ4v) is 5.99. The molecule has 1 aromatic carbocycles. The number of benzene rings is 1. The van der Waals surface area contributed by atoms with E-state index in [1.165, 1.54) is 19.2 Å². The Morgan fingerprint density at radius 3 is 2.63 bits per heavy atom. The lowest BCUT2D eigenvalue weighted by Gasteiger charge is -2.28. The topological polar surface area (TPSA) is 167 Å². The second kappa shape index (κ2) is 12.9. The van der Waals surface area contributed by atoms with Gasteiger partial charge in [-0.1, -0.05) is 45.7 Å². The number of alkyl halides is 2. The van der Waals surface area contributed by atoms with Crippen molar-refractivity contribution < 1.29 is 37.7 Å². The van der Waals surface area contributed by atoms with E-state index >= 15 is 0 Å². The first-order valence-corrected chi connectivity index (χ1v) is 14.1. The van der Waals surface area contributed by atoms with E-state index in [0.717, 1.165) is 16.8 Å². The maximum absolute atomic E-state index is 13.9. The summed E-state index contributed by atoms with van der Waals surface area (Å²) in [6, 6.07) is 7.89. The molecule has 1 aliphatic rings. The molecule has 13 nitrogen and oxygen atoms in total. The maximum Gasteiger partial charge on any atom is 0.459 e. The number of nitrogens with zero attached hydrogens (tertiary/aromatic N) is 1. The fourth-order valence-electron chi connectivity index (χ4n) is 3.49. The summed E-state index contributed by atoms with van der Waals surface area (Å²) in [5.74, 6) is -0.592. The predicted molar refractivity (Wildman–Crippen MR) is 139 cm³/mol. The van der Waals surface area contributed by atoms with Gasteiger partial charge >= 0.3 is 19.4 Å². The first-order valence-electron chi connectivity index (χ1n) is 11.4. The Hall–Kier alpha value is -2.03. The number of ether oxygens (including phenoxy) is 3. The van der Waals surface area contributed by atoms with Crippen LogP contribution >= 0.6 is 35.3 Å². The minimum absolute atomic E-state index is 0.0643. The van der Waals surface area contributed by atoms with E-state index in [2.05, 4.69) is 26.0 Å². The van der Waals surface area contributed by atoms with Gasteiger partial charge in [0.2, 0.25) is 0 Å². The Balaban J connectivity index is 1.86. The molecule has 0 bridgehead atoms. The Morgan fingerprint density at radius 1 is 1.34 bits per heavy atom. The standard InChI is InChI=1S/C22H28BrClN3O10P/c1-4-34-19(30)17(13(2)33-3)26-38(32,37-14-8-6-5-7-9-14)35-12-15-18(29)22(23,24)20(36-15)27-11-10-16(28)25-21(27)31/h5-11,13,15,17-18,20,29H,4,12H2,1-3H3,(H,26,32)(H,25,28,31)/t13?,15-,17+,18-,20-,22+,38?/m1/s1. The molecule has 1 aliphatic heterocycles. The number of hydrogen-bond donors (Lipinski definition) is 3. The van der Waals surface area contributed by atoms with E-state index in [0.29, 0.717) is 0 Å². The van der Waals surface area contributed by atoms with Gasteiger partial charge in [0.15, 0.2) is 10.0 Å². The number of carbonyl (C=O) groups is 1. The Bertz CT molecular complexity index is 1260. The van der Waals surface area contributed by atoms with Gasteiger partial charge in [0.1, 0.15) is 24.0 Å². The van der Waals surface area contributed by atoms with Crippen LogP contribution in [0.3, 0.4) is 0 Å². The van der Waals surface area contributed by atoms with Crippen molar-refractivity contribution in [3.05, 3.63) is 63.4 Å². The quantitative estimate of drug-likeness (QED) is 0.176. The van der Waals surface area contributed by atoms with Gasteiger partial charge in [-0.25, -0.2) is 9.36 Å². The Labute approximate surface area is 231 Å². The molecule has 16 heteroatoms. The van der Waals surface area contributed by atoms with Gasteiger partial charge in [-0.05, 0) is 26.0 Å². The van der Waals surface area contributed by atoms with Crippen LogP contribution in [0.2, 0.25) is 0 Å². The molecular formula is C22H28BrClN3O10P. The van der Waals surface area contributed by atoms with Crippen molar-refractivity contribution in [1.82, 2.24) is 14.6 Å². The molecule has 1 fully saturated rings. The monoisotopic (exact) mass is 639 g/mol. The summed E-state index contributed by atoms with van der Waals surface area (Å²) in [4.78, 5) is 38.4. The van der Waals surface area contributed by atoms with Crippen molar-refractivity contribution >= 4 is 41.2 Å². The molecule has 0 radical (unpaired) electrons. The molecule has 7 atom stereocenters. The summed E-state index contributed by atoms with van der Waals surface area (Å²) in [5, 5.41) is 13.4. The van der Waals surface area contributed by atoms with E-state index in [9.17, 15) is 24.1 Å². The minimum Gasteiger partial charge on any atom is -0.465 e. The van der Waals surface area contributed by atoms with Crippen LogP contribution in [0.25, 0.3) is 0 Å². The highest BCUT2D eigenvalue weighted by atomic mass is 79.9. The van der Waals surface area contributed by atoms with E-state index in [-0.39, 0.29) is 12.4 Å². The van der Waals surface area contributed by atoms with Crippen molar-refractivity contribution in [2.24, 2.45) is 0 Å². The molecule has 1 saturated heterocycles. The molecule has 3 rings (SSSR count). The second-order valence-corrected chi connectivity index (χ2v) is 12.2. The van der Waals surface area contributed by atoms with E-state index in [1.807, 2.05) is 0 Å². The smallest absolute Gasteiger partial charge is 0.459 e. The second-order valence-electron chi connectivity index (χ2n) is 8.16. The number of nitrogens with one attached hydrogen (secondary N) is 2. The number of esters is 1. The summed E-state index contributed by atoms with van der Waals surface area (Å²) in [6.07, 6.45) is -3.65. The number of hydrogen-bond acceptors (Lipinski definition) is 10. The SMILES string of the molecule is CCOC(=O)[C@@H](NP(=O)(OC[C@H]1O[C@@H](n2ccc(=O)[nH]c2=O)[C@](Cl)(Br)[C@@H]1O)Oc1ccccc1)C(C)OC. The van der Waals surface area contributed by atoms with Crippen molar-refractivity contribution in [3.8, 4) is 5.75 Å². The summed E-state index contributed by atoms with van der Waals surface area (Å²) in [7, 11) is -3.01. The molecule has 0 spiro atoms. The highest BCUT2D eigenvalue weighted by Crippen LogP contribution is 2.50. The minimum atomic E-state index is -4.37. The van der Waals surface area contributed by atoms with E-state index < -0.39 is 65.9 Å². The van der Waals surface area contributed by atoms with Gasteiger partial charge in [-0.2, -0.15) is 5.09 Å². The third-order valence-corrected chi connectivity index (χ3v) is 8.35.